The molecule has 0 aromatic carbocycles. The van der Waals surface area contributed by atoms with Crippen molar-refractivity contribution in [3.8, 4) is 0 Å². The molecule has 2 aliphatic carbocycles. The molecular weight excluding hydrogens is 419 g/mol. The van der Waals surface area contributed by atoms with Crippen molar-refractivity contribution >= 4 is 7.28 Å². The molecule has 2 aliphatic rings. The lowest BCUT2D eigenvalue weighted by atomic mass is 9.64. The van der Waals surface area contributed by atoms with Crippen molar-refractivity contribution in [2.24, 2.45) is 22.7 Å². The fraction of sp³-hybridized carbons (Fsp3) is 0.588. The van der Waals surface area contributed by atoms with Crippen LogP contribution < -0.4 is 0 Å². The first-order chi connectivity index (χ1) is 16.7. The van der Waals surface area contributed by atoms with Crippen molar-refractivity contribution in [1.29, 1.82) is 0 Å². The van der Waals surface area contributed by atoms with Crippen molar-refractivity contribution in [2.45, 2.75) is 107 Å². The van der Waals surface area contributed by atoms with Crippen LogP contribution in [0.4, 0.5) is 0 Å². The third-order valence-electron chi connectivity index (χ3n) is 8.91. The number of hydrogen-bond donors (Lipinski definition) is 0. The van der Waals surface area contributed by atoms with Crippen molar-refractivity contribution in [2.75, 3.05) is 0 Å². The van der Waals surface area contributed by atoms with E-state index in [1.807, 2.05) is 0 Å². The monoisotopic (exact) mass is 472 g/mol. The molecule has 0 amide bonds. The average molecular weight is 473 g/mol. The van der Waals surface area contributed by atoms with Crippen LogP contribution in [0.2, 0.25) is 12.6 Å². The highest BCUT2D eigenvalue weighted by Gasteiger charge is 2.73. The molecular formula is C34H53B. The van der Waals surface area contributed by atoms with Gasteiger partial charge in [0.05, 0.1) is 0 Å². The minimum atomic E-state index is 0.156. The van der Waals surface area contributed by atoms with Gasteiger partial charge >= 0.3 is 0 Å². The van der Waals surface area contributed by atoms with E-state index in [9.17, 15) is 0 Å². The molecule has 1 fully saturated rings. The van der Waals surface area contributed by atoms with Gasteiger partial charge in [0, 0.05) is 5.41 Å². The van der Waals surface area contributed by atoms with E-state index >= 15 is 0 Å². The Kier molecular flexibility index (Phi) is 10.9. The summed E-state index contributed by atoms with van der Waals surface area (Å²) in [6.45, 7) is 25.2. The van der Waals surface area contributed by atoms with Crippen molar-refractivity contribution in [1.82, 2.24) is 0 Å². The van der Waals surface area contributed by atoms with Gasteiger partial charge in [-0.25, -0.2) is 0 Å². The Morgan fingerprint density at radius 1 is 1.11 bits per heavy atom. The summed E-state index contributed by atoms with van der Waals surface area (Å²) in [6.07, 6.45) is 25.7. The third kappa shape index (κ3) is 5.81. The maximum absolute atomic E-state index is 4.47. The second-order valence-electron chi connectivity index (χ2n) is 11.3. The van der Waals surface area contributed by atoms with Crippen LogP contribution in [0.3, 0.4) is 0 Å². The molecule has 0 spiro atoms. The first-order valence-corrected chi connectivity index (χ1v) is 14.4. The zero-order valence-corrected chi connectivity index (χ0v) is 24.6. The highest BCUT2D eigenvalue weighted by Crippen LogP contribution is 2.78. The standard InChI is InChI=1S/C34H53B/c1-11-15-18-26(7)28(9)32-29(20-19-27(8)31(32)25(5)6)34(21-14-4)30(24-35-23-17-13-3)33(34,10)22-16-12-2/h14-16,18-19,21-22,29-30,35H,5,11-13,17,20,23-24H2,1-4,6-10H3/b18-15-,21-14?,22-16?,28-26+. The largest absolute Gasteiger partial charge is 0.121 e. The Labute approximate surface area is 219 Å². The fourth-order valence-electron chi connectivity index (χ4n) is 7.02. The maximum atomic E-state index is 4.47. The molecule has 1 saturated carbocycles. The van der Waals surface area contributed by atoms with Gasteiger partial charge in [-0.2, -0.15) is 0 Å². The Morgan fingerprint density at radius 3 is 2.37 bits per heavy atom. The van der Waals surface area contributed by atoms with Gasteiger partial charge in [-0.15, -0.1) is 0 Å². The summed E-state index contributed by atoms with van der Waals surface area (Å²) < 4.78 is 0. The molecule has 2 rings (SSSR count). The van der Waals surface area contributed by atoms with Crippen LogP contribution in [0.25, 0.3) is 0 Å². The molecule has 4 unspecified atom stereocenters. The summed E-state index contributed by atoms with van der Waals surface area (Å²) >= 11 is 0. The van der Waals surface area contributed by atoms with Crippen molar-refractivity contribution < 1.29 is 0 Å². The molecule has 0 aliphatic heterocycles. The van der Waals surface area contributed by atoms with Gasteiger partial charge in [0.25, 0.3) is 0 Å². The summed E-state index contributed by atoms with van der Waals surface area (Å²) in [6, 6.07) is 0. The zero-order valence-electron chi connectivity index (χ0n) is 24.6. The van der Waals surface area contributed by atoms with E-state index in [0.717, 1.165) is 19.3 Å². The molecule has 0 bridgehead atoms. The summed E-state index contributed by atoms with van der Waals surface area (Å²) in [4.78, 5) is 0. The molecule has 0 nitrogen and oxygen atoms in total. The number of hydrogen-bond acceptors (Lipinski definition) is 0. The van der Waals surface area contributed by atoms with E-state index in [4.69, 9.17) is 0 Å². The zero-order chi connectivity index (χ0) is 26.2. The van der Waals surface area contributed by atoms with Crippen LogP contribution in [0.1, 0.15) is 94.4 Å². The van der Waals surface area contributed by atoms with Crippen LogP contribution >= 0.6 is 0 Å². The summed E-state index contributed by atoms with van der Waals surface area (Å²) in [7, 11) is 1.34. The molecule has 0 radical (unpaired) electrons. The van der Waals surface area contributed by atoms with Gasteiger partial charge in [0.15, 0.2) is 0 Å². The molecule has 35 heavy (non-hydrogen) atoms. The highest BCUT2D eigenvalue weighted by molar-refractivity contribution is 6.35. The molecule has 0 aromatic rings. The molecule has 0 aromatic heterocycles. The van der Waals surface area contributed by atoms with Gasteiger partial charge in [0.1, 0.15) is 7.28 Å². The van der Waals surface area contributed by atoms with Gasteiger partial charge in [-0.05, 0) is 99.0 Å². The van der Waals surface area contributed by atoms with E-state index < -0.39 is 0 Å². The van der Waals surface area contributed by atoms with Crippen LogP contribution in [-0.2, 0) is 0 Å². The topological polar surface area (TPSA) is 0 Å². The van der Waals surface area contributed by atoms with E-state index in [-0.39, 0.29) is 10.8 Å². The second kappa shape index (κ2) is 13.0. The lowest BCUT2D eigenvalue weighted by Gasteiger charge is -2.37. The SMILES string of the molecule is C=C(C)C1=C(/C(C)=C(C)/C=C\CC)C(C2(C=CC)C(CBCCCC)C2(C)C=CCC)CC=C1C. The van der Waals surface area contributed by atoms with Crippen LogP contribution in [0.15, 0.2) is 82.5 Å². The molecule has 0 heterocycles. The summed E-state index contributed by atoms with van der Waals surface area (Å²) in [5, 5.41) is 0. The second-order valence-corrected chi connectivity index (χ2v) is 11.3. The van der Waals surface area contributed by atoms with Crippen LogP contribution in [0, 0.1) is 22.7 Å². The fourth-order valence-corrected chi connectivity index (χ4v) is 7.02. The summed E-state index contributed by atoms with van der Waals surface area (Å²) in [5.41, 5.74) is 8.76. The summed E-state index contributed by atoms with van der Waals surface area (Å²) in [5.74, 6) is 1.16. The Balaban J connectivity index is 2.74. The predicted molar refractivity (Wildman–Crippen MR) is 161 cm³/mol. The normalized spacial score (nSPS) is 29.8. The molecule has 192 valence electrons. The number of allylic oxidation sites excluding steroid dienone is 13. The van der Waals surface area contributed by atoms with Gasteiger partial charge in [-0.3, -0.25) is 0 Å². The maximum Gasteiger partial charge on any atom is 0.121 e. The molecule has 0 N–H and O–H groups in total. The Bertz CT molecular complexity index is 934. The predicted octanol–water partition coefficient (Wildman–Crippen LogP) is 10.4. The minimum absolute atomic E-state index is 0.156. The van der Waals surface area contributed by atoms with Gasteiger partial charge < -0.3 is 0 Å². The number of unbranched alkanes of at least 4 members (excludes halogenated alkanes) is 1. The van der Waals surface area contributed by atoms with Crippen molar-refractivity contribution in [3.05, 3.63) is 82.5 Å². The highest BCUT2D eigenvalue weighted by atomic mass is 14.7. The van der Waals surface area contributed by atoms with Gasteiger partial charge in [-0.1, -0.05) is 108 Å². The Morgan fingerprint density at radius 2 is 1.80 bits per heavy atom. The molecule has 0 saturated heterocycles. The van der Waals surface area contributed by atoms with E-state index in [0.29, 0.717) is 11.8 Å². The van der Waals surface area contributed by atoms with Gasteiger partial charge in [0.2, 0.25) is 0 Å². The Hall–Kier alpha value is -1.76. The first-order valence-electron chi connectivity index (χ1n) is 14.4. The van der Waals surface area contributed by atoms with Crippen molar-refractivity contribution in [3.63, 3.8) is 0 Å². The van der Waals surface area contributed by atoms with E-state index in [2.05, 4.69) is 111 Å². The average Bonchev–Trinajstić information content (AvgIpc) is 3.34. The van der Waals surface area contributed by atoms with E-state index in [1.54, 1.807) is 5.57 Å². The number of rotatable bonds is 13. The third-order valence-corrected chi connectivity index (χ3v) is 8.91. The van der Waals surface area contributed by atoms with E-state index in [1.165, 1.54) is 60.6 Å². The minimum Gasteiger partial charge on any atom is -0.0955 e. The first kappa shape index (κ1) is 29.5. The lowest BCUT2D eigenvalue weighted by Crippen LogP contribution is -2.27. The quantitative estimate of drug-likeness (QED) is 0.108. The molecule has 4 atom stereocenters. The van der Waals surface area contributed by atoms with Crippen LogP contribution in [-0.4, -0.2) is 7.28 Å². The molecule has 1 heteroatoms. The smallest absolute Gasteiger partial charge is 0.0955 e. The lowest BCUT2D eigenvalue weighted by molar-refractivity contribution is 0.359. The van der Waals surface area contributed by atoms with Crippen LogP contribution in [0.5, 0.6) is 0 Å².